The van der Waals surface area contributed by atoms with Crippen LogP contribution in [-0.4, -0.2) is 0 Å². The molecule has 1 aliphatic carbocycles. The Morgan fingerprint density at radius 1 is 0.889 bits per heavy atom. The van der Waals surface area contributed by atoms with Crippen molar-refractivity contribution in [2.24, 2.45) is 5.92 Å². The van der Waals surface area contributed by atoms with E-state index in [0.29, 0.717) is 0 Å². The molecule has 0 nitrogen and oxygen atoms in total. The van der Waals surface area contributed by atoms with E-state index in [4.69, 9.17) is 0 Å². The lowest BCUT2D eigenvalue weighted by molar-refractivity contribution is 0.501. The van der Waals surface area contributed by atoms with Crippen molar-refractivity contribution in [3.63, 3.8) is 0 Å². The summed E-state index contributed by atoms with van der Waals surface area (Å²) in [7, 11) is 0. The molecule has 18 heavy (non-hydrogen) atoms. The third-order valence-electron chi connectivity index (χ3n) is 4.07. The predicted molar refractivity (Wildman–Crippen MR) is 77.8 cm³/mol. The van der Waals surface area contributed by atoms with Crippen LogP contribution in [-0.2, 0) is 12.8 Å². The number of benzene rings is 2. The van der Waals surface area contributed by atoms with E-state index >= 15 is 0 Å². The van der Waals surface area contributed by atoms with E-state index in [9.17, 15) is 0 Å². The predicted octanol–water partition coefficient (Wildman–Crippen LogP) is 4.79. The molecule has 0 amide bonds. The van der Waals surface area contributed by atoms with Gasteiger partial charge in [0, 0.05) is 0 Å². The summed E-state index contributed by atoms with van der Waals surface area (Å²) in [5, 5.41) is 0. The highest BCUT2D eigenvalue weighted by Crippen LogP contribution is 2.29. The maximum Gasteiger partial charge on any atom is -0.0181 e. The van der Waals surface area contributed by atoms with E-state index in [2.05, 4.69) is 56.3 Å². The van der Waals surface area contributed by atoms with Gasteiger partial charge in [-0.25, -0.2) is 0 Å². The highest BCUT2D eigenvalue weighted by molar-refractivity contribution is 5.65. The van der Waals surface area contributed by atoms with Crippen LogP contribution in [0, 0.1) is 12.8 Å². The summed E-state index contributed by atoms with van der Waals surface area (Å²) < 4.78 is 0. The summed E-state index contributed by atoms with van der Waals surface area (Å²) in [5.74, 6) is 0.839. The van der Waals surface area contributed by atoms with E-state index in [1.807, 2.05) is 0 Å². The van der Waals surface area contributed by atoms with E-state index in [1.54, 1.807) is 11.1 Å². The number of rotatable bonds is 1. The SMILES string of the molecule is Cc1ccc(-c2ccc3c(c2)CC(C)CC3)cc1. The fraction of sp³-hybridized carbons (Fsp3) is 0.333. The van der Waals surface area contributed by atoms with Gasteiger partial charge in [-0.15, -0.1) is 0 Å². The minimum Gasteiger partial charge on any atom is -0.0622 e. The first-order valence-electron chi connectivity index (χ1n) is 6.91. The van der Waals surface area contributed by atoms with Crippen LogP contribution in [0.2, 0.25) is 0 Å². The highest BCUT2D eigenvalue weighted by Gasteiger charge is 2.15. The van der Waals surface area contributed by atoms with Gasteiger partial charge in [0.15, 0.2) is 0 Å². The van der Waals surface area contributed by atoms with Gasteiger partial charge < -0.3 is 0 Å². The van der Waals surface area contributed by atoms with Crippen molar-refractivity contribution in [2.45, 2.75) is 33.1 Å². The first-order chi connectivity index (χ1) is 8.72. The van der Waals surface area contributed by atoms with Crippen molar-refractivity contribution < 1.29 is 0 Å². The van der Waals surface area contributed by atoms with Crippen LogP contribution < -0.4 is 0 Å². The standard InChI is InChI=1S/C18H20/c1-13-3-6-15(7-4-13)17-10-9-16-8-5-14(2)11-18(16)12-17/h3-4,6-7,9-10,12,14H,5,8,11H2,1-2H3. The second kappa shape index (κ2) is 4.61. The summed E-state index contributed by atoms with van der Waals surface area (Å²) in [6.07, 6.45) is 3.84. The molecule has 1 unspecified atom stereocenters. The van der Waals surface area contributed by atoms with Crippen LogP contribution in [0.3, 0.4) is 0 Å². The second-order valence-corrected chi connectivity index (χ2v) is 5.70. The zero-order valence-electron chi connectivity index (χ0n) is 11.2. The van der Waals surface area contributed by atoms with Gasteiger partial charge in [-0.1, -0.05) is 55.0 Å². The molecule has 0 heterocycles. The summed E-state index contributed by atoms with van der Waals surface area (Å²) in [5.41, 5.74) is 7.14. The van der Waals surface area contributed by atoms with Gasteiger partial charge in [0.1, 0.15) is 0 Å². The third-order valence-corrected chi connectivity index (χ3v) is 4.07. The lowest BCUT2D eigenvalue weighted by Crippen LogP contribution is -2.11. The monoisotopic (exact) mass is 236 g/mol. The molecule has 0 aromatic heterocycles. The van der Waals surface area contributed by atoms with E-state index in [-0.39, 0.29) is 0 Å². The molecule has 0 aliphatic heterocycles. The normalized spacial score (nSPS) is 18.4. The van der Waals surface area contributed by atoms with Crippen molar-refractivity contribution in [2.75, 3.05) is 0 Å². The molecule has 0 N–H and O–H groups in total. The average Bonchev–Trinajstić information content (AvgIpc) is 2.38. The zero-order valence-corrected chi connectivity index (χ0v) is 11.2. The summed E-state index contributed by atoms with van der Waals surface area (Å²) in [4.78, 5) is 0. The Bertz CT molecular complexity index is 549. The van der Waals surface area contributed by atoms with Crippen LogP contribution in [0.15, 0.2) is 42.5 Å². The first-order valence-corrected chi connectivity index (χ1v) is 6.91. The lowest BCUT2D eigenvalue weighted by Gasteiger charge is -2.22. The largest absolute Gasteiger partial charge is 0.0622 e. The zero-order chi connectivity index (χ0) is 12.5. The third kappa shape index (κ3) is 2.20. The van der Waals surface area contributed by atoms with Crippen LogP contribution in [0.5, 0.6) is 0 Å². The van der Waals surface area contributed by atoms with Crippen molar-refractivity contribution in [1.29, 1.82) is 0 Å². The first kappa shape index (κ1) is 11.5. The molecule has 0 bridgehead atoms. The van der Waals surface area contributed by atoms with Crippen LogP contribution in [0.25, 0.3) is 11.1 Å². The van der Waals surface area contributed by atoms with E-state index < -0.39 is 0 Å². The minimum absolute atomic E-state index is 0.839. The Morgan fingerprint density at radius 3 is 2.39 bits per heavy atom. The average molecular weight is 236 g/mol. The van der Waals surface area contributed by atoms with Gasteiger partial charge in [0.2, 0.25) is 0 Å². The molecule has 0 radical (unpaired) electrons. The molecule has 0 spiro atoms. The molecular weight excluding hydrogens is 216 g/mol. The van der Waals surface area contributed by atoms with Gasteiger partial charge in [0.25, 0.3) is 0 Å². The van der Waals surface area contributed by atoms with Crippen molar-refractivity contribution >= 4 is 0 Å². The van der Waals surface area contributed by atoms with Gasteiger partial charge in [-0.05, 0) is 54.4 Å². The lowest BCUT2D eigenvalue weighted by atomic mass is 9.83. The van der Waals surface area contributed by atoms with Crippen LogP contribution in [0.4, 0.5) is 0 Å². The molecule has 1 aliphatic rings. The summed E-state index contributed by atoms with van der Waals surface area (Å²) in [6.45, 7) is 4.50. The minimum atomic E-state index is 0.839. The number of hydrogen-bond donors (Lipinski definition) is 0. The molecule has 0 heteroatoms. The maximum absolute atomic E-state index is 2.40. The quantitative estimate of drug-likeness (QED) is 0.668. The van der Waals surface area contributed by atoms with Gasteiger partial charge >= 0.3 is 0 Å². The van der Waals surface area contributed by atoms with E-state index in [0.717, 1.165) is 5.92 Å². The highest BCUT2D eigenvalue weighted by atomic mass is 14.2. The summed E-state index contributed by atoms with van der Waals surface area (Å²) >= 11 is 0. The topological polar surface area (TPSA) is 0 Å². The van der Waals surface area contributed by atoms with Crippen molar-refractivity contribution in [3.05, 3.63) is 59.2 Å². The Labute approximate surface area is 110 Å². The van der Waals surface area contributed by atoms with Gasteiger partial charge in [-0.3, -0.25) is 0 Å². The van der Waals surface area contributed by atoms with Crippen LogP contribution >= 0.6 is 0 Å². The molecule has 3 rings (SSSR count). The Balaban J connectivity index is 1.99. The number of aryl methyl sites for hydroxylation is 2. The molecule has 0 saturated carbocycles. The van der Waals surface area contributed by atoms with Gasteiger partial charge in [0.05, 0.1) is 0 Å². The Morgan fingerprint density at radius 2 is 1.61 bits per heavy atom. The molecule has 92 valence electrons. The van der Waals surface area contributed by atoms with Gasteiger partial charge in [-0.2, -0.15) is 0 Å². The molecule has 0 fully saturated rings. The maximum atomic E-state index is 2.40. The van der Waals surface area contributed by atoms with Crippen LogP contribution in [0.1, 0.15) is 30.0 Å². The van der Waals surface area contributed by atoms with E-state index in [1.165, 1.54) is 36.0 Å². The van der Waals surface area contributed by atoms with Crippen molar-refractivity contribution in [3.8, 4) is 11.1 Å². The number of fused-ring (bicyclic) bond motifs is 1. The smallest absolute Gasteiger partial charge is 0.0181 e. The number of hydrogen-bond acceptors (Lipinski definition) is 0. The Kier molecular flexibility index (Phi) is 2.95. The molecule has 2 aromatic rings. The second-order valence-electron chi connectivity index (χ2n) is 5.70. The molecule has 1 atom stereocenters. The molecule has 0 saturated heterocycles. The molecule has 2 aromatic carbocycles. The molecular formula is C18H20. The fourth-order valence-corrected chi connectivity index (χ4v) is 2.86. The summed E-state index contributed by atoms with van der Waals surface area (Å²) in [6, 6.07) is 15.8. The van der Waals surface area contributed by atoms with Crippen molar-refractivity contribution in [1.82, 2.24) is 0 Å². The Hall–Kier alpha value is -1.56. The fourth-order valence-electron chi connectivity index (χ4n) is 2.86.